The number of amides is 1. The number of ketones is 1. The monoisotopic (exact) mass is 237 g/mol. The molecule has 2 heterocycles. The van der Waals surface area contributed by atoms with E-state index < -0.39 is 0 Å². The molecule has 4 heteroatoms. The highest BCUT2D eigenvalue weighted by molar-refractivity contribution is 7.12. The van der Waals surface area contributed by atoms with Crippen molar-refractivity contribution in [2.45, 2.75) is 25.7 Å². The maximum atomic E-state index is 11.7. The maximum Gasteiger partial charge on any atom is 0.222 e. The van der Waals surface area contributed by atoms with Crippen molar-refractivity contribution in [3.63, 3.8) is 0 Å². The minimum atomic E-state index is 0.196. The van der Waals surface area contributed by atoms with E-state index in [1.54, 1.807) is 0 Å². The van der Waals surface area contributed by atoms with E-state index in [9.17, 15) is 9.59 Å². The van der Waals surface area contributed by atoms with Gasteiger partial charge in [0, 0.05) is 25.9 Å². The van der Waals surface area contributed by atoms with Crippen LogP contribution in [0.2, 0.25) is 0 Å². The number of hydrogen-bond donors (Lipinski definition) is 0. The van der Waals surface area contributed by atoms with Gasteiger partial charge in [-0.1, -0.05) is 6.07 Å². The Balaban J connectivity index is 1.72. The zero-order chi connectivity index (χ0) is 11.4. The summed E-state index contributed by atoms with van der Waals surface area (Å²) in [5, 5.41) is 1.91. The van der Waals surface area contributed by atoms with Crippen LogP contribution in [0.3, 0.4) is 0 Å². The van der Waals surface area contributed by atoms with Gasteiger partial charge in [-0.3, -0.25) is 9.59 Å². The summed E-state index contributed by atoms with van der Waals surface area (Å²) in [5.74, 6) is 0.435. The van der Waals surface area contributed by atoms with E-state index in [4.69, 9.17) is 0 Å². The molecule has 0 N–H and O–H groups in total. The fourth-order valence-electron chi connectivity index (χ4n) is 1.93. The van der Waals surface area contributed by atoms with Gasteiger partial charge >= 0.3 is 0 Å². The highest BCUT2D eigenvalue weighted by Crippen LogP contribution is 2.14. The van der Waals surface area contributed by atoms with Crippen molar-refractivity contribution < 1.29 is 9.59 Å². The summed E-state index contributed by atoms with van der Waals surface area (Å²) in [7, 11) is 0. The average Bonchev–Trinajstić information content (AvgIpc) is 2.90. The number of likely N-dealkylation sites (tertiary alicyclic amines) is 1. The molecule has 1 aromatic rings. The summed E-state index contributed by atoms with van der Waals surface area (Å²) < 4.78 is 0. The van der Waals surface area contributed by atoms with Crippen LogP contribution in [0.1, 0.15) is 35.4 Å². The Morgan fingerprint density at radius 3 is 3.00 bits per heavy atom. The molecule has 0 radical (unpaired) electrons. The Morgan fingerprint density at radius 1 is 1.50 bits per heavy atom. The van der Waals surface area contributed by atoms with Crippen LogP contribution in [0, 0.1) is 0 Å². The Labute approximate surface area is 99.1 Å². The third kappa shape index (κ3) is 2.70. The van der Waals surface area contributed by atoms with Gasteiger partial charge in [0.15, 0.2) is 5.78 Å². The second-order valence-corrected chi connectivity index (χ2v) is 4.94. The molecule has 2 rings (SSSR count). The smallest absolute Gasteiger partial charge is 0.222 e. The average molecular weight is 237 g/mol. The Kier molecular flexibility index (Phi) is 3.72. The number of carbonyl (C=O) groups is 2. The summed E-state index contributed by atoms with van der Waals surface area (Å²) in [6, 6.07) is 3.75. The second-order valence-electron chi connectivity index (χ2n) is 3.99. The van der Waals surface area contributed by atoms with Gasteiger partial charge in [0.25, 0.3) is 0 Å². The van der Waals surface area contributed by atoms with Gasteiger partial charge in [-0.25, -0.2) is 0 Å². The molecule has 1 aliphatic heterocycles. The first-order chi connectivity index (χ1) is 7.77. The van der Waals surface area contributed by atoms with E-state index in [1.807, 2.05) is 22.4 Å². The summed E-state index contributed by atoms with van der Waals surface area (Å²) in [6.07, 6.45) is 2.98. The molecule has 0 spiro atoms. The van der Waals surface area contributed by atoms with Crippen LogP contribution in [-0.4, -0.2) is 29.7 Å². The lowest BCUT2D eigenvalue weighted by atomic mass is 10.2. The summed E-state index contributed by atoms with van der Waals surface area (Å²) in [5.41, 5.74) is 0. The van der Waals surface area contributed by atoms with Crippen LogP contribution in [0.15, 0.2) is 17.5 Å². The van der Waals surface area contributed by atoms with Crippen molar-refractivity contribution >= 4 is 23.0 Å². The van der Waals surface area contributed by atoms with Crippen molar-refractivity contribution in [2.24, 2.45) is 0 Å². The Bertz CT molecular complexity index is 372. The van der Waals surface area contributed by atoms with Gasteiger partial charge in [-0.15, -0.1) is 11.3 Å². The molecule has 1 aromatic heterocycles. The van der Waals surface area contributed by atoms with E-state index in [2.05, 4.69) is 0 Å². The first kappa shape index (κ1) is 11.3. The lowest BCUT2D eigenvalue weighted by Crippen LogP contribution is -2.25. The van der Waals surface area contributed by atoms with Crippen LogP contribution in [0.5, 0.6) is 0 Å². The third-order valence-corrected chi connectivity index (χ3v) is 3.71. The van der Waals surface area contributed by atoms with E-state index >= 15 is 0 Å². The quantitative estimate of drug-likeness (QED) is 0.737. The molecule has 86 valence electrons. The summed E-state index contributed by atoms with van der Waals surface area (Å²) in [6.45, 7) is 1.60. The molecule has 0 aromatic carbocycles. The highest BCUT2D eigenvalue weighted by atomic mass is 32.1. The van der Waals surface area contributed by atoms with Crippen LogP contribution < -0.4 is 0 Å². The van der Waals surface area contributed by atoms with Crippen LogP contribution in [0.4, 0.5) is 0 Å². The van der Waals surface area contributed by atoms with Crippen molar-refractivity contribution in [3.05, 3.63) is 22.4 Å². The summed E-state index contributed by atoms with van der Waals surface area (Å²) in [4.78, 5) is 25.7. The zero-order valence-electron chi connectivity index (χ0n) is 9.15. The Hall–Kier alpha value is -1.16. The minimum absolute atomic E-state index is 0.196. The van der Waals surface area contributed by atoms with E-state index in [0.717, 1.165) is 30.8 Å². The SMILES string of the molecule is O=C(CCCN1CCCC1=O)c1cccs1. The largest absolute Gasteiger partial charge is 0.343 e. The van der Waals surface area contributed by atoms with Gasteiger partial charge in [0.05, 0.1) is 4.88 Å². The van der Waals surface area contributed by atoms with E-state index in [-0.39, 0.29) is 11.7 Å². The molecule has 0 unspecified atom stereocenters. The zero-order valence-corrected chi connectivity index (χ0v) is 9.96. The van der Waals surface area contributed by atoms with Gasteiger partial charge in [0.2, 0.25) is 5.91 Å². The fourth-order valence-corrected chi connectivity index (χ4v) is 2.63. The van der Waals surface area contributed by atoms with Crippen molar-refractivity contribution in [2.75, 3.05) is 13.1 Å². The molecule has 1 amide bonds. The molecule has 0 atom stereocenters. The second kappa shape index (κ2) is 5.25. The number of nitrogens with zero attached hydrogens (tertiary/aromatic N) is 1. The van der Waals surface area contributed by atoms with Crippen LogP contribution in [-0.2, 0) is 4.79 Å². The standard InChI is InChI=1S/C12H15NO2S/c14-10(11-5-3-9-16-11)4-1-7-13-8-2-6-12(13)15/h3,5,9H,1-2,4,6-8H2. The fraction of sp³-hybridized carbons (Fsp3) is 0.500. The summed E-state index contributed by atoms with van der Waals surface area (Å²) >= 11 is 1.48. The first-order valence-corrected chi connectivity index (χ1v) is 6.50. The van der Waals surface area contributed by atoms with Gasteiger partial charge in [0.1, 0.15) is 0 Å². The van der Waals surface area contributed by atoms with E-state index in [1.165, 1.54) is 11.3 Å². The lowest BCUT2D eigenvalue weighted by molar-refractivity contribution is -0.127. The highest BCUT2D eigenvalue weighted by Gasteiger charge is 2.19. The molecule has 0 saturated carbocycles. The van der Waals surface area contributed by atoms with Crippen molar-refractivity contribution in [1.29, 1.82) is 0 Å². The third-order valence-electron chi connectivity index (χ3n) is 2.80. The maximum absolute atomic E-state index is 11.7. The number of Topliss-reactive ketones (excluding diaryl/α,β-unsaturated/α-hetero) is 1. The van der Waals surface area contributed by atoms with E-state index in [0.29, 0.717) is 12.8 Å². The molecular formula is C12H15NO2S. The van der Waals surface area contributed by atoms with Crippen molar-refractivity contribution in [3.8, 4) is 0 Å². The predicted molar refractivity (Wildman–Crippen MR) is 63.7 cm³/mol. The van der Waals surface area contributed by atoms with Gasteiger partial charge in [-0.05, 0) is 24.3 Å². The number of hydrogen-bond acceptors (Lipinski definition) is 3. The molecule has 1 fully saturated rings. The molecule has 1 aliphatic rings. The number of rotatable bonds is 5. The number of carbonyl (C=O) groups excluding carboxylic acids is 2. The van der Waals surface area contributed by atoms with Crippen LogP contribution >= 0.6 is 11.3 Å². The molecule has 0 aliphatic carbocycles. The molecule has 1 saturated heterocycles. The lowest BCUT2D eigenvalue weighted by Gasteiger charge is -2.14. The molecular weight excluding hydrogens is 222 g/mol. The van der Waals surface area contributed by atoms with Gasteiger partial charge < -0.3 is 4.90 Å². The predicted octanol–water partition coefficient (Wildman–Crippen LogP) is 2.33. The Morgan fingerprint density at radius 2 is 2.38 bits per heavy atom. The van der Waals surface area contributed by atoms with Crippen molar-refractivity contribution in [1.82, 2.24) is 4.90 Å². The normalized spacial score (nSPS) is 15.8. The number of thiophene rings is 1. The van der Waals surface area contributed by atoms with Crippen LogP contribution in [0.25, 0.3) is 0 Å². The molecule has 0 bridgehead atoms. The van der Waals surface area contributed by atoms with Gasteiger partial charge in [-0.2, -0.15) is 0 Å². The first-order valence-electron chi connectivity index (χ1n) is 5.62. The minimum Gasteiger partial charge on any atom is -0.343 e. The molecule has 16 heavy (non-hydrogen) atoms. The molecule has 3 nitrogen and oxygen atoms in total. The topological polar surface area (TPSA) is 37.4 Å².